The van der Waals surface area contributed by atoms with Gasteiger partial charge in [0.25, 0.3) is 0 Å². The van der Waals surface area contributed by atoms with Gasteiger partial charge in [0, 0.05) is 44.1 Å². The molecule has 0 N–H and O–H groups in total. The normalized spacial score (nSPS) is 15.3. The highest BCUT2D eigenvalue weighted by atomic mass is 16.3. The first kappa shape index (κ1) is 17.4. The monoisotopic (exact) mass is 362 g/mol. The summed E-state index contributed by atoms with van der Waals surface area (Å²) in [4.78, 5) is 25.3. The minimum absolute atomic E-state index is 0.185. The van der Waals surface area contributed by atoms with E-state index in [-0.39, 0.29) is 5.91 Å². The van der Waals surface area contributed by atoms with Crippen LogP contribution in [0.25, 0.3) is 11.6 Å². The van der Waals surface area contributed by atoms with Crippen LogP contribution in [-0.2, 0) is 17.8 Å². The van der Waals surface area contributed by atoms with Gasteiger partial charge in [0.1, 0.15) is 0 Å². The van der Waals surface area contributed by atoms with Crippen molar-refractivity contribution in [2.24, 2.45) is 0 Å². The number of piperazine rings is 1. The lowest BCUT2D eigenvalue weighted by molar-refractivity contribution is -0.136. The topological polar surface area (TPSA) is 62.5 Å². The SMILES string of the molecule is O=C1CN(Cc2cnc(-c3ccco3)nc2)CCN1CCc1ccccc1. The zero-order chi connectivity index (χ0) is 18.5. The summed E-state index contributed by atoms with van der Waals surface area (Å²) in [6.45, 7) is 3.51. The maximum Gasteiger partial charge on any atom is 0.236 e. The number of aromatic nitrogens is 2. The maximum atomic E-state index is 12.5. The third-order valence-corrected chi connectivity index (χ3v) is 4.76. The Hall–Kier alpha value is -2.99. The second kappa shape index (κ2) is 8.14. The molecule has 138 valence electrons. The fraction of sp³-hybridized carbons (Fsp3) is 0.286. The largest absolute Gasteiger partial charge is 0.461 e. The molecule has 2 aromatic heterocycles. The minimum atomic E-state index is 0.185. The second-order valence-corrected chi connectivity index (χ2v) is 6.72. The minimum Gasteiger partial charge on any atom is -0.461 e. The van der Waals surface area contributed by atoms with Crippen molar-refractivity contribution in [3.05, 3.63) is 72.2 Å². The number of furan rings is 1. The van der Waals surface area contributed by atoms with Crippen LogP contribution >= 0.6 is 0 Å². The molecular formula is C21H22N4O2. The zero-order valence-electron chi connectivity index (χ0n) is 15.1. The molecule has 0 atom stereocenters. The number of benzene rings is 1. The van der Waals surface area contributed by atoms with Crippen molar-refractivity contribution in [2.45, 2.75) is 13.0 Å². The quantitative estimate of drug-likeness (QED) is 0.675. The number of hydrogen-bond donors (Lipinski definition) is 0. The smallest absolute Gasteiger partial charge is 0.236 e. The summed E-state index contributed by atoms with van der Waals surface area (Å²) in [5, 5.41) is 0. The van der Waals surface area contributed by atoms with E-state index in [1.807, 2.05) is 35.2 Å². The van der Waals surface area contributed by atoms with Gasteiger partial charge in [0.05, 0.1) is 12.8 Å². The van der Waals surface area contributed by atoms with Crippen molar-refractivity contribution in [3.63, 3.8) is 0 Å². The number of carbonyl (C=O) groups excluding carboxylic acids is 1. The average Bonchev–Trinajstić information content (AvgIpc) is 3.24. The van der Waals surface area contributed by atoms with E-state index in [2.05, 4.69) is 27.0 Å². The molecule has 0 aliphatic carbocycles. The molecule has 3 aromatic rings. The van der Waals surface area contributed by atoms with Crippen molar-refractivity contribution in [1.29, 1.82) is 0 Å². The molecule has 0 bridgehead atoms. The van der Waals surface area contributed by atoms with Gasteiger partial charge in [-0.25, -0.2) is 9.97 Å². The predicted octanol–water partition coefficient (Wildman–Crippen LogP) is 2.62. The van der Waals surface area contributed by atoms with Gasteiger partial charge in [-0.2, -0.15) is 0 Å². The summed E-state index contributed by atoms with van der Waals surface area (Å²) in [6.07, 6.45) is 6.11. The highest BCUT2D eigenvalue weighted by molar-refractivity contribution is 5.79. The first-order valence-electron chi connectivity index (χ1n) is 9.17. The maximum absolute atomic E-state index is 12.5. The van der Waals surface area contributed by atoms with Crippen LogP contribution in [0.2, 0.25) is 0 Å². The van der Waals surface area contributed by atoms with E-state index < -0.39 is 0 Å². The lowest BCUT2D eigenvalue weighted by Gasteiger charge is -2.34. The number of amides is 1. The molecule has 3 heterocycles. The summed E-state index contributed by atoms with van der Waals surface area (Å²) < 4.78 is 5.30. The molecule has 6 nitrogen and oxygen atoms in total. The Kier molecular flexibility index (Phi) is 5.25. The molecule has 0 spiro atoms. The van der Waals surface area contributed by atoms with Crippen LogP contribution in [-0.4, -0.2) is 51.9 Å². The third kappa shape index (κ3) is 4.41. The van der Waals surface area contributed by atoms with Crippen LogP contribution in [0.5, 0.6) is 0 Å². The first-order chi connectivity index (χ1) is 13.3. The Morgan fingerprint density at radius 1 is 0.963 bits per heavy atom. The summed E-state index contributed by atoms with van der Waals surface area (Å²) in [5.41, 5.74) is 2.26. The van der Waals surface area contributed by atoms with Crippen LogP contribution in [0.3, 0.4) is 0 Å². The standard InChI is InChI=1S/C21H22N4O2/c26-20-16-24(10-11-25(20)9-8-17-5-2-1-3-6-17)15-18-13-22-21(23-14-18)19-7-4-12-27-19/h1-7,12-14H,8-11,15-16H2. The van der Waals surface area contributed by atoms with Gasteiger partial charge in [-0.15, -0.1) is 0 Å². The van der Waals surface area contributed by atoms with Crippen molar-refractivity contribution in [1.82, 2.24) is 19.8 Å². The third-order valence-electron chi connectivity index (χ3n) is 4.76. The molecule has 0 saturated carbocycles. The number of hydrogen-bond acceptors (Lipinski definition) is 5. The molecule has 1 amide bonds. The Morgan fingerprint density at radius 2 is 1.78 bits per heavy atom. The average molecular weight is 362 g/mol. The molecule has 27 heavy (non-hydrogen) atoms. The summed E-state index contributed by atoms with van der Waals surface area (Å²) >= 11 is 0. The molecule has 4 rings (SSSR count). The van der Waals surface area contributed by atoms with E-state index in [4.69, 9.17) is 4.42 Å². The van der Waals surface area contributed by atoms with Gasteiger partial charge >= 0.3 is 0 Å². The van der Waals surface area contributed by atoms with E-state index in [1.54, 1.807) is 18.7 Å². The molecule has 1 aliphatic heterocycles. The molecule has 1 saturated heterocycles. The predicted molar refractivity (Wildman–Crippen MR) is 102 cm³/mol. The number of carbonyl (C=O) groups is 1. The fourth-order valence-corrected chi connectivity index (χ4v) is 3.27. The van der Waals surface area contributed by atoms with Crippen LogP contribution in [0.1, 0.15) is 11.1 Å². The van der Waals surface area contributed by atoms with E-state index in [9.17, 15) is 4.79 Å². The second-order valence-electron chi connectivity index (χ2n) is 6.72. The van der Waals surface area contributed by atoms with Crippen LogP contribution in [0.4, 0.5) is 0 Å². The molecule has 6 heteroatoms. The van der Waals surface area contributed by atoms with Gasteiger partial charge in [-0.05, 0) is 24.1 Å². The van der Waals surface area contributed by atoms with Gasteiger partial charge in [-0.1, -0.05) is 30.3 Å². The van der Waals surface area contributed by atoms with Crippen LogP contribution < -0.4 is 0 Å². The molecule has 0 unspecified atom stereocenters. The molecular weight excluding hydrogens is 340 g/mol. The Bertz CT molecular complexity index is 863. The number of nitrogens with zero attached hydrogens (tertiary/aromatic N) is 4. The van der Waals surface area contributed by atoms with Crippen LogP contribution in [0.15, 0.2) is 65.5 Å². The van der Waals surface area contributed by atoms with Crippen molar-refractivity contribution >= 4 is 5.91 Å². The van der Waals surface area contributed by atoms with Crippen molar-refractivity contribution in [2.75, 3.05) is 26.2 Å². The van der Waals surface area contributed by atoms with E-state index >= 15 is 0 Å². The van der Waals surface area contributed by atoms with Gasteiger partial charge < -0.3 is 9.32 Å². The van der Waals surface area contributed by atoms with E-state index in [0.29, 0.717) is 24.7 Å². The Morgan fingerprint density at radius 3 is 2.48 bits per heavy atom. The lowest BCUT2D eigenvalue weighted by atomic mass is 10.1. The molecule has 1 aromatic carbocycles. The van der Waals surface area contributed by atoms with Crippen LogP contribution in [0, 0.1) is 0 Å². The summed E-state index contributed by atoms with van der Waals surface area (Å²) in [5.74, 6) is 1.42. The summed E-state index contributed by atoms with van der Waals surface area (Å²) in [7, 11) is 0. The van der Waals surface area contributed by atoms with Gasteiger partial charge in [0.2, 0.25) is 5.91 Å². The van der Waals surface area contributed by atoms with Gasteiger partial charge in [0.15, 0.2) is 11.6 Å². The van der Waals surface area contributed by atoms with Gasteiger partial charge in [-0.3, -0.25) is 9.69 Å². The Labute approximate surface area is 158 Å². The molecule has 1 aliphatic rings. The molecule has 1 fully saturated rings. The lowest BCUT2D eigenvalue weighted by Crippen LogP contribution is -2.50. The van der Waals surface area contributed by atoms with E-state index in [0.717, 1.165) is 31.6 Å². The van der Waals surface area contributed by atoms with Crippen molar-refractivity contribution < 1.29 is 9.21 Å². The zero-order valence-corrected chi connectivity index (χ0v) is 15.1. The Balaban J connectivity index is 1.28. The summed E-state index contributed by atoms with van der Waals surface area (Å²) in [6, 6.07) is 13.9. The fourth-order valence-electron chi connectivity index (χ4n) is 3.27. The number of rotatable bonds is 6. The highest BCUT2D eigenvalue weighted by Crippen LogP contribution is 2.15. The van der Waals surface area contributed by atoms with Crippen molar-refractivity contribution in [3.8, 4) is 11.6 Å². The highest BCUT2D eigenvalue weighted by Gasteiger charge is 2.23. The first-order valence-corrected chi connectivity index (χ1v) is 9.17. The molecule has 0 radical (unpaired) electrons. The van der Waals surface area contributed by atoms with E-state index in [1.165, 1.54) is 5.56 Å².